The Kier molecular flexibility index (Phi) is 6.99. The van der Waals surface area contributed by atoms with E-state index in [0.29, 0.717) is 22.2 Å². The summed E-state index contributed by atoms with van der Waals surface area (Å²) < 4.78 is 0.496. The second-order valence-corrected chi connectivity index (χ2v) is 7.35. The molecular weight excluding hydrogens is 342 g/mol. The van der Waals surface area contributed by atoms with Crippen molar-refractivity contribution in [2.75, 3.05) is 6.54 Å². The van der Waals surface area contributed by atoms with E-state index < -0.39 is 5.97 Å². The number of nitrogens with zero attached hydrogens (tertiary/aromatic N) is 1. The van der Waals surface area contributed by atoms with Crippen LogP contribution in [-0.4, -0.2) is 32.7 Å². The maximum absolute atomic E-state index is 12.4. The number of rotatable bonds is 8. The number of hydrogen-bond donors (Lipinski definition) is 1. The van der Waals surface area contributed by atoms with Gasteiger partial charge in [0.1, 0.15) is 4.32 Å². The summed E-state index contributed by atoms with van der Waals surface area (Å²) in [4.78, 5) is 25.1. The number of aryl methyl sites for hydroxylation is 1. The van der Waals surface area contributed by atoms with Crippen LogP contribution in [-0.2, 0) is 16.0 Å². The number of carbonyl (C=O) groups is 2. The van der Waals surface area contributed by atoms with Crippen molar-refractivity contribution >= 4 is 46.3 Å². The molecule has 0 unspecified atom stereocenters. The first kappa shape index (κ1) is 18.7. The first-order chi connectivity index (χ1) is 11.5. The zero-order chi connectivity index (χ0) is 17.5. The third-order valence-electron chi connectivity index (χ3n) is 3.74. The Morgan fingerprint density at radius 1 is 1.29 bits per heavy atom. The van der Waals surface area contributed by atoms with Crippen LogP contribution in [0.2, 0.25) is 0 Å². The summed E-state index contributed by atoms with van der Waals surface area (Å²) in [7, 11) is 0. The van der Waals surface area contributed by atoms with Crippen LogP contribution >= 0.6 is 24.0 Å². The number of thioether (sulfide) groups is 1. The van der Waals surface area contributed by atoms with Crippen molar-refractivity contribution in [1.82, 2.24) is 4.90 Å². The summed E-state index contributed by atoms with van der Waals surface area (Å²) in [5, 5.41) is 8.69. The van der Waals surface area contributed by atoms with Gasteiger partial charge in [-0.2, -0.15) is 0 Å². The molecule has 2 rings (SSSR count). The molecule has 24 heavy (non-hydrogen) atoms. The average Bonchev–Trinajstić information content (AvgIpc) is 2.81. The van der Waals surface area contributed by atoms with Crippen LogP contribution < -0.4 is 0 Å². The molecule has 1 aromatic rings. The van der Waals surface area contributed by atoms with E-state index in [1.807, 2.05) is 18.2 Å². The van der Waals surface area contributed by atoms with Gasteiger partial charge in [0.25, 0.3) is 5.91 Å². The first-order valence-corrected chi connectivity index (χ1v) is 9.30. The number of benzene rings is 1. The highest BCUT2D eigenvalue weighted by molar-refractivity contribution is 8.26. The predicted molar refractivity (Wildman–Crippen MR) is 102 cm³/mol. The molecule has 0 spiro atoms. The van der Waals surface area contributed by atoms with Crippen LogP contribution in [0.1, 0.15) is 43.7 Å². The van der Waals surface area contributed by atoms with Crippen molar-refractivity contribution in [1.29, 1.82) is 0 Å². The average molecular weight is 364 g/mol. The molecule has 0 aliphatic carbocycles. The molecule has 0 bridgehead atoms. The largest absolute Gasteiger partial charge is 0.481 e. The Hall–Kier alpha value is -1.66. The summed E-state index contributed by atoms with van der Waals surface area (Å²) >= 11 is 6.51. The van der Waals surface area contributed by atoms with Crippen molar-refractivity contribution in [3.05, 3.63) is 40.3 Å². The lowest BCUT2D eigenvalue weighted by Gasteiger charge is -2.13. The van der Waals surface area contributed by atoms with Crippen LogP contribution in [0.3, 0.4) is 0 Å². The lowest BCUT2D eigenvalue weighted by atomic mass is 10.1. The monoisotopic (exact) mass is 363 g/mol. The highest BCUT2D eigenvalue weighted by atomic mass is 32.2. The summed E-state index contributed by atoms with van der Waals surface area (Å²) in [6.45, 7) is 2.52. The number of carbonyl (C=O) groups excluding carboxylic acids is 1. The molecule has 1 saturated heterocycles. The van der Waals surface area contributed by atoms with Gasteiger partial charge in [0.2, 0.25) is 0 Å². The molecule has 1 heterocycles. The van der Waals surface area contributed by atoms with Crippen molar-refractivity contribution in [3.8, 4) is 0 Å². The Morgan fingerprint density at radius 2 is 2.00 bits per heavy atom. The van der Waals surface area contributed by atoms with Gasteiger partial charge in [-0.25, -0.2) is 0 Å². The van der Waals surface area contributed by atoms with Crippen LogP contribution in [0.5, 0.6) is 0 Å². The lowest BCUT2D eigenvalue weighted by Crippen LogP contribution is -2.29. The van der Waals surface area contributed by atoms with E-state index in [0.717, 1.165) is 12.0 Å². The Bertz CT molecular complexity index is 653. The molecule has 0 atom stereocenters. The number of thiocarbonyl (C=S) groups is 1. The third-order valence-corrected chi connectivity index (χ3v) is 5.12. The van der Waals surface area contributed by atoms with Gasteiger partial charge in [-0.1, -0.05) is 61.6 Å². The molecule has 1 N–H and O–H groups in total. The highest BCUT2D eigenvalue weighted by Gasteiger charge is 2.31. The predicted octanol–water partition coefficient (Wildman–Crippen LogP) is 4.10. The third kappa shape index (κ3) is 5.18. The number of carboxylic acid groups (broad SMARTS) is 1. The van der Waals surface area contributed by atoms with Gasteiger partial charge in [-0.3, -0.25) is 14.5 Å². The minimum absolute atomic E-state index is 0.0370. The minimum Gasteiger partial charge on any atom is -0.481 e. The van der Waals surface area contributed by atoms with E-state index in [1.54, 1.807) is 0 Å². The van der Waals surface area contributed by atoms with Crippen LogP contribution in [0, 0.1) is 0 Å². The van der Waals surface area contributed by atoms with Gasteiger partial charge in [0.05, 0.1) is 4.91 Å². The minimum atomic E-state index is -0.862. The fourth-order valence-corrected chi connectivity index (χ4v) is 3.70. The summed E-state index contributed by atoms with van der Waals surface area (Å²) in [6, 6.07) is 8.22. The standard InChI is InChI=1S/C18H21NO3S2/c1-2-3-5-13-7-9-14(10-8-13)12-15-17(22)19(18(23)24-15)11-4-6-16(20)21/h7-10,12H,2-6,11H2,1H3,(H,20,21)/b15-12-. The van der Waals surface area contributed by atoms with Gasteiger partial charge in [0, 0.05) is 13.0 Å². The van der Waals surface area contributed by atoms with E-state index in [2.05, 4.69) is 19.1 Å². The maximum atomic E-state index is 12.4. The summed E-state index contributed by atoms with van der Waals surface area (Å²) in [5.41, 5.74) is 2.27. The lowest BCUT2D eigenvalue weighted by molar-refractivity contribution is -0.137. The molecule has 1 amide bonds. The van der Waals surface area contributed by atoms with Crippen LogP contribution in [0.15, 0.2) is 29.2 Å². The SMILES string of the molecule is CCCCc1ccc(/C=C2\SC(=S)N(CCCC(=O)O)C2=O)cc1. The second kappa shape index (κ2) is 8.99. The second-order valence-electron chi connectivity index (χ2n) is 5.68. The number of aliphatic carboxylic acids is 1. The molecule has 1 aliphatic heterocycles. The summed E-state index contributed by atoms with van der Waals surface area (Å²) in [5.74, 6) is -0.996. The normalized spacial score (nSPS) is 16.2. The Morgan fingerprint density at radius 3 is 2.62 bits per heavy atom. The molecule has 0 radical (unpaired) electrons. The first-order valence-electron chi connectivity index (χ1n) is 8.07. The Labute approximate surface area is 151 Å². The number of unbranched alkanes of at least 4 members (excludes halogenated alkanes) is 1. The van der Waals surface area contributed by atoms with Crippen molar-refractivity contribution < 1.29 is 14.7 Å². The molecule has 4 nitrogen and oxygen atoms in total. The molecule has 128 valence electrons. The van der Waals surface area contributed by atoms with Crippen LogP contribution in [0.25, 0.3) is 6.08 Å². The molecule has 0 saturated carbocycles. The number of amides is 1. The van der Waals surface area contributed by atoms with Crippen molar-refractivity contribution in [2.45, 2.75) is 39.0 Å². The van der Waals surface area contributed by atoms with Gasteiger partial charge in [-0.05, 0) is 36.5 Å². The zero-order valence-electron chi connectivity index (χ0n) is 13.7. The Balaban J connectivity index is 2.01. The quantitative estimate of drug-likeness (QED) is 0.557. The molecular formula is C18H21NO3S2. The molecule has 1 fully saturated rings. The number of carboxylic acids is 1. The summed E-state index contributed by atoms with van der Waals surface area (Å²) in [6.07, 6.45) is 5.71. The highest BCUT2D eigenvalue weighted by Crippen LogP contribution is 2.32. The van der Waals surface area contributed by atoms with Gasteiger partial charge in [0.15, 0.2) is 0 Å². The molecule has 1 aromatic carbocycles. The van der Waals surface area contributed by atoms with E-state index in [1.165, 1.54) is 35.1 Å². The molecule has 6 heteroatoms. The fourth-order valence-electron chi connectivity index (χ4n) is 2.39. The van der Waals surface area contributed by atoms with Gasteiger partial charge < -0.3 is 5.11 Å². The van der Waals surface area contributed by atoms with Crippen molar-refractivity contribution in [2.24, 2.45) is 0 Å². The van der Waals surface area contributed by atoms with Crippen molar-refractivity contribution in [3.63, 3.8) is 0 Å². The smallest absolute Gasteiger partial charge is 0.303 e. The topological polar surface area (TPSA) is 57.6 Å². The molecule has 0 aromatic heterocycles. The van der Waals surface area contributed by atoms with E-state index in [4.69, 9.17) is 17.3 Å². The maximum Gasteiger partial charge on any atom is 0.303 e. The number of hydrogen-bond acceptors (Lipinski definition) is 4. The molecule has 1 aliphatic rings. The van der Waals surface area contributed by atoms with E-state index in [9.17, 15) is 9.59 Å². The zero-order valence-corrected chi connectivity index (χ0v) is 15.3. The fraction of sp³-hybridized carbons (Fsp3) is 0.389. The van der Waals surface area contributed by atoms with E-state index in [-0.39, 0.29) is 12.3 Å². The van der Waals surface area contributed by atoms with E-state index >= 15 is 0 Å². The van der Waals surface area contributed by atoms with Crippen LogP contribution in [0.4, 0.5) is 0 Å². The van der Waals surface area contributed by atoms with Gasteiger partial charge in [-0.15, -0.1) is 0 Å². The van der Waals surface area contributed by atoms with Gasteiger partial charge >= 0.3 is 5.97 Å².